The molecule has 0 radical (unpaired) electrons. The number of imidazole rings is 1. The summed E-state index contributed by atoms with van der Waals surface area (Å²) in [7, 11) is 1.37. The summed E-state index contributed by atoms with van der Waals surface area (Å²) < 4.78 is 32.7. The zero-order valence-corrected chi connectivity index (χ0v) is 24.9. The smallest absolute Gasteiger partial charge is 0.337 e. The highest BCUT2D eigenvalue weighted by molar-refractivity contribution is 6.33. The molecule has 0 amide bonds. The first-order valence-corrected chi connectivity index (χ1v) is 14.6. The lowest BCUT2D eigenvalue weighted by Gasteiger charge is -2.14. The minimum absolute atomic E-state index is 0.0151. The Hall–Kier alpha value is -3.98. The molecule has 6 rings (SSSR count). The number of aromatic nitrogens is 3. The molecular weight excluding hydrogens is 592 g/mol. The van der Waals surface area contributed by atoms with Crippen molar-refractivity contribution in [3.8, 4) is 17.1 Å². The van der Waals surface area contributed by atoms with Crippen molar-refractivity contribution in [2.24, 2.45) is 5.92 Å². The summed E-state index contributed by atoms with van der Waals surface area (Å²) in [5.41, 5.74) is 4.91. The Balaban J connectivity index is 1.24. The Morgan fingerprint density at radius 1 is 1.07 bits per heavy atom. The van der Waals surface area contributed by atoms with Crippen molar-refractivity contribution in [3.63, 3.8) is 0 Å². The summed E-state index contributed by atoms with van der Waals surface area (Å²) >= 11 is 12.6. The Labute approximate surface area is 258 Å². The molecule has 0 bridgehead atoms. The molecule has 1 unspecified atom stereocenters. The Kier molecular flexibility index (Phi) is 8.61. The average molecular weight is 621 g/mol. The highest BCUT2D eigenvalue weighted by atomic mass is 35.5. The fourth-order valence-electron chi connectivity index (χ4n) is 5.24. The molecule has 1 aliphatic heterocycles. The van der Waals surface area contributed by atoms with Gasteiger partial charge in [-0.1, -0.05) is 47.5 Å². The molecule has 0 saturated carbocycles. The van der Waals surface area contributed by atoms with Crippen molar-refractivity contribution in [1.82, 2.24) is 14.5 Å². The zero-order chi connectivity index (χ0) is 29.9. The van der Waals surface area contributed by atoms with Gasteiger partial charge in [0.05, 0.1) is 41.0 Å². The average Bonchev–Trinajstić information content (AvgIpc) is 3.64. The quantitative estimate of drug-likeness (QED) is 0.159. The predicted molar refractivity (Wildman–Crippen MR) is 163 cm³/mol. The molecule has 1 atom stereocenters. The summed E-state index contributed by atoms with van der Waals surface area (Å²) in [6.07, 6.45) is 1.51. The van der Waals surface area contributed by atoms with Crippen molar-refractivity contribution in [1.29, 1.82) is 0 Å². The van der Waals surface area contributed by atoms with E-state index in [2.05, 4.69) is 9.55 Å². The lowest BCUT2D eigenvalue weighted by Crippen LogP contribution is -2.14. The van der Waals surface area contributed by atoms with Crippen LogP contribution in [0.2, 0.25) is 10.0 Å². The number of methoxy groups -OCH3 is 1. The molecule has 3 heterocycles. The first-order valence-electron chi connectivity index (χ1n) is 13.9. The van der Waals surface area contributed by atoms with E-state index in [-0.39, 0.29) is 12.6 Å². The van der Waals surface area contributed by atoms with Crippen LogP contribution in [0.3, 0.4) is 0 Å². The summed E-state index contributed by atoms with van der Waals surface area (Å²) in [5, 5.41) is 0.860. The number of rotatable bonds is 9. The van der Waals surface area contributed by atoms with Crippen molar-refractivity contribution in [2.75, 3.05) is 20.3 Å². The van der Waals surface area contributed by atoms with Gasteiger partial charge in [-0.05, 0) is 54.4 Å². The van der Waals surface area contributed by atoms with Crippen LogP contribution in [0.25, 0.3) is 22.3 Å². The molecule has 1 fully saturated rings. The Bertz CT molecular complexity index is 1800. The molecule has 7 nitrogen and oxygen atoms in total. The molecule has 0 spiro atoms. The van der Waals surface area contributed by atoms with Gasteiger partial charge < -0.3 is 18.8 Å². The fourth-order valence-corrected chi connectivity index (χ4v) is 5.69. The molecule has 1 saturated heterocycles. The van der Waals surface area contributed by atoms with Crippen LogP contribution >= 0.6 is 23.2 Å². The zero-order valence-electron chi connectivity index (χ0n) is 23.4. The standard InChI is InChI=1S/C33H28Cl2FN3O4/c1-41-33(40)22-7-10-29-30(15-22)39(17-21-11-12-42-18-21)31(37-29)14-20-5-9-25(26(35)13-20)28-3-2-4-32(38-28)43-19-23-6-8-24(34)16-27(23)36/h2-10,13,15-16,21H,11-12,14,17-19H2,1H3. The van der Waals surface area contributed by atoms with Crippen LogP contribution in [0, 0.1) is 11.7 Å². The molecule has 0 N–H and O–H groups in total. The van der Waals surface area contributed by atoms with Crippen LogP contribution < -0.4 is 4.74 Å². The molecular formula is C33H28Cl2FN3O4. The molecule has 0 aliphatic carbocycles. The van der Waals surface area contributed by atoms with Gasteiger partial charge in [-0.15, -0.1) is 0 Å². The SMILES string of the molecule is COC(=O)c1ccc2nc(Cc3ccc(-c4cccc(OCc5ccc(Cl)cc5F)n4)c(Cl)c3)n(CC3CCOC3)c2c1. The number of carbonyl (C=O) groups is 1. The van der Waals surface area contributed by atoms with Gasteiger partial charge in [0.2, 0.25) is 5.88 Å². The van der Waals surface area contributed by atoms with Crippen LogP contribution in [-0.2, 0) is 29.0 Å². The van der Waals surface area contributed by atoms with E-state index >= 15 is 0 Å². The van der Waals surface area contributed by atoms with Gasteiger partial charge in [-0.2, -0.15) is 0 Å². The van der Waals surface area contributed by atoms with Crippen LogP contribution in [0.1, 0.15) is 33.7 Å². The van der Waals surface area contributed by atoms with E-state index in [4.69, 9.17) is 42.4 Å². The van der Waals surface area contributed by atoms with Gasteiger partial charge in [0.1, 0.15) is 18.2 Å². The number of halogens is 3. The van der Waals surface area contributed by atoms with Gasteiger partial charge in [-0.3, -0.25) is 0 Å². The maximum atomic E-state index is 14.2. The normalized spacial score (nSPS) is 14.7. The van der Waals surface area contributed by atoms with Gasteiger partial charge >= 0.3 is 5.97 Å². The number of fused-ring (bicyclic) bond motifs is 1. The van der Waals surface area contributed by atoms with Crippen molar-refractivity contribution >= 4 is 40.2 Å². The summed E-state index contributed by atoms with van der Waals surface area (Å²) in [5.74, 6) is 0.763. The first-order chi connectivity index (χ1) is 20.9. The highest BCUT2D eigenvalue weighted by Gasteiger charge is 2.21. The first kappa shape index (κ1) is 29.1. The van der Waals surface area contributed by atoms with Crippen LogP contribution in [0.5, 0.6) is 5.88 Å². The number of hydrogen-bond acceptors (Lipinski definition) is 6. The second kappa shape index (κ2) is 12.7. The molecule has 43 heavy (non-hydrogen) atoms. The van der Waals surface area contributed by atoms with Crippen LogP contribution in [0.15, 0.2) is 72.8 Å². The number of ether oxygens (including phenoxy) is 3. The third-order valence-corrected chi connectivity index (χ3v) is 8.05. The van der Waals surface area contributed by atoms with E-state index in [0.29, 0.717) is 51.7 Å². The van der Waals surface area contributed by atoms with E-state index in [9.17, 15) is 9.18 Å². The minimum Gasteiger partial charge on any atom is -0.473 e. The van der Waals surface area contributed by atoms with E-state index in [1.807, 2.05) is 42.5 Å². The van der Waals surface area contributed by atoms with Crippen molar-refractivity contribution in [2.45, 2.75) is 26.0 Å². The maximum absolute atomic E-state index is 14.2. The third-order valence-electron chi connectivity index (χ3n) is 7.50. The second-order valence-electron chi connectivity index (χ2n) is 10.4. The maximum Gasteiger partial charge on any atom is 0.337 e. The Morgan fingerprint density at radius 3 is 2.72 bits per heavy atom. The molecule has 220 valence electrons. The topological polar surface area (TPSA) is 75.5 Å². The van der Waals surface area contributed by atoms with E-state index in [1.165, 1.54) is 13.2 Å². The van der Waals surface area contributed by atoms with E-state index in [0.717, 1.165) is 47.6 Å². The monoisotopic (exact) mass is 619 g/mol. The predicted octanol–water partition coefficient (Wildman–Crippen LogP) is 7.54. The van der Waals surface area contributed by atoms with Crippen LogP contribution in [0.4, 0.5) is 4.39 Å². The number of pyridine rings is 1. The molecule has 2 aromatic heterocycles. The molecule has 1 aliphatic rings. The number of benzene rings is 3. The van der Waals surface area contributed by atoms with Gasteiger partial charge in [0.15, 0.2) is 0 Å². The number of carbonyl (C=O) groups excluding carboxylic acids is 1. The second-order valence-corrected chi connectivity index (χ2v) is 11.3. The largest absolute Gasteiger partial charge is 0.473 e. The molecule has 5 aromatic rings. The van der Waals surface area contributed by atoms with Crippen LogP contribution in [-0.4, -0.2) is 40.8 Å². The Morgan fingerprint density at radius 2 is 1.95 bits per heavy atom. The highest BCUT2D eigenvalue weighted by Crippen LogP contribution is 2.31. The fraction of sp³-hybridized carbons (Fsp3) is 0.242. The minimum atomic E-state index is -0.434. The van der Waals surface area contributed by atoms with Gasteiger partial charge in [-0.25, -0.2) is 19.2 Å². The summed E-state index contributed by atoms with van der Waals surface area (Å²) in [6.45, 7) is 2.19. The summed E-state index contributed by atoms with van der Waals surface area (Å²) in [4.78, 5) is 21.7. The number of hydrogen-bond donors (Lipinski definition) is 0. The third kappa shape index (κ3) is 6.51. The van der Waals surface area contributed by atoms with Gasteiger partial charge in [0.25, 0.3) is 0 Å². The van der Waals surface area contributed by atoms with Crippen molar-refractivity contribution in [3.05, 3.63) is 111 Å². The lowest BCUT2D eigenvalue weighted by atomic mass is 10.1. The lowest BCUT2D eigenvalue weighted by molar-refractivity contribution is 0.0601. The van der Waals surface area contributed by atoms with Crippen molar-refractivity contribution < 1.29 is 23.4 Å². The van der Waals surface area contributed by atoms with Gasteiger partial charge in [0, 0.05) is 47.7 Å². The number of esters is 1. The summed E-state index contributed by atoms with van der Waals surface area (Å²) in [6, 6.07) is 21.1. The van der Waals surface area contributed by atoms with E-state index in [1.54, 1.807) is 24.3 Å². The molecule has 10 heteroatoms. The molecule has 3 aromatic carbocycles. The number of nitrogens with zero attached hydrogens (tertiary/aromatic N) is 3. The van der Waals surface area contributed by atoms with E-state index < -0.39 is 5.82 Å².